The second-order valence-electron chi connectivity index (χ2n) is 8.59. The SMILES string of the molecule is O=C(C1CC1)N1CCN(c2[nH]c3ccc4nccc4c3c3c2CCCC3)CC1. The summed E-state index contributed by atoms with van der Waals surface area (Å²) in [5, 5.41) is 2.65. The van der Waals surface area contributed by atoms with Crippen molar-refractivity contribution in [3.8, 4) is 0 Å². The van der Waals surface area contributed by atoms with Crippen molar-refractivity contribution in [2.45, 2.75) is 38.5 Å². The minimum absolute atomic E-state index is 0.326. The van der Waals surface area contributed by atoms with Crippen molar-refractivity contribution in [1.29, 1.82) is 0 Å². The maximum atomic E-state index is 12.4. The highest BCUT2D eigenvalue weighted by Gasteiger charge is 2.35. The first-order chi connectivity index (χ1) is 13.8. The number of H-pyrrole nitrogens is 1. The predicted molar refractivity (Wildman–Crippen MR) is 112 cm³/mol. The number of piperazine rings is 1. The van der Waals surface area contributed by atoms with Crippen molar-refractivity contribution >= 4 is 33.5 Å². The normalized spacial score (nSPS) is 20.0. The molecule has 0 unspecified atom stereocenters. The number of aromatic amines is 1. The lowest BCUT2D eigenvalue weighted by Gasteiger charge is -2.38. The van der Waals surface area contributed by atoms with Crippen molar-refractivity contribution in [3.05, 3.63) is 35.5 Å². The minimum Gasteiger partial charge on any atom is -0.354 e. The van der Waals surface area contributed by atoms with Crippen molar-refractivity contribution in [1.82, 2.24) is 14.9 Å². The molecule has 5 nitrogen and oxygen atoms in total. The van der Waals surface area contributed by atoms with Gasteiger partial charge in [-0.25, -0.2) is 0 Å². The van der Waals surface area contributed by atoms with Gasteiger partial charge < -0.3 is 14.8 Å². The Balaban J connectivity index is 1.40. The Morgan fingerprint density at radius 3 is 2.57 bits per heavy atom. The number of aromatic nitrogens is 2. The van der Waals surface area contributed by atoms with Crippen molar-refractivity contribution in [2.24, 2.45) is 5.92 Å². The number of rotatable bonds is 2. The number of carbonyl (C=O) groups is 1. The fraction of sp³-hybridized carbons (Fsp3) is 0.478. The van der Waals surface area contributed by atoms with Gasteiger partial charge in [0.1, 0.15) is 5.82 Å². The summed E-state index contributed by atoms with van der Waals surface area (Å²) in [7, 11) is 0. The first-order valence-corrected chi connectivity index (χ1v) is 10.7. The lowest BCUT2D eigenvalue weighted by Crippen LogP contribution is -2.49. The average Bonchev–Trinajstić information content (AvgIpc) is 3.49. The molecule has 1 N–H and O–H groups in total. The van der Waals surface area contributed by atoms with Crippen LogP contribution in [0.15, 0.2) is 24.4 Å². The summed E-state index contributed by atoms with van der Waals surface area (Å²) in [4.78, 5) is 25.3. The van der Waals surface area contributed by atoms with E-state index in [-0.39, 0.29) is 0 Å². The van der Waals surface area contributed by atoms with Gasteiger partial charge in [-0.15, -0.1) is 0 Å². The lowest BCUT2D eigenvalue weighted by molar-refractivity contribution is -0.132. The molecule has 1 aromatic carbocycles. The van der Waals surface area contributed by atoms with Crippen molar-refractivity contribution in [3.63, 3.8) is 0 Å². The van der Waals surface area contributed by atoms with Crippen LogP contribution >= 0.6 is 0 Å². The van der Waals surface area contributed by atoms with Crippen molar-refractivity contribution < 1.29 is 4.79 Å². The molecule has 3 heterocycles. The molecule has 1 saturated heterocycles. The van der Waals surface area contributed by atoms with Crippen LogP contribution in [-0.4, -0.2) is 47.0 Å². The van der Waals surface area contributed by atoms with Gasteiger partial charge in [-0.2, -0.15) is 0 Å². The van der Waals surface area contributed by atoms with Gasteiger partial charge in [0.15, 0.2) is 0 Å². The second-order valence-corrected chi connectivity index (χ2v) is 8.59. The number of aryl methyl sites for hydroxylation is 1. The summed E-state index contributed by atoms with van der Waals surface area (Å²) in [6.45, 7) is 3.55. The monoisotopic (exact) mass is 374 g/mol. The summed E-state index contributed by atoms with van der Waals surface area (Å²) >= 11 is 0. The molecule has 1 amide bonds. The highest BCUT2D eigenvalue weighted by Crippen LogP contribution is 2.38. The van der Waals surface area contributed by atoms with Crippen molar-refractivity contribution in [2.75, 3.05) is 31.1 Å². The summed E-state index contributed by atoms with van der Waals surface area (Å²) in [5.74, 6) is 2.00. The number of carbonyl (C=O) groups excluding carboxylic acids is 1. The molecule has 0 atom stereocenters. The van der Waals surface area contributed by atoms with Crippen LogP contribution in [-0.2, 0) is 17.6 Å². The number of nitrogens with zero attached hydrogens (tertiary/aromatic N) is 3. The van der Waals surface area contributed by atoms with Gasteiger partial charge in [0.25, 0.3) is 0 Å². The van der Waals surface area contributed by atoms with Crippen LogP contribution in [0.2, 0.25) is 0 Å². The summed E-state index contributed by atoms with van der Waals surface area (Å²) in [5.41, 5.74) is 5.32. The molecule has 0 radical (unpaired) electrons. The lowest BCUT2D eigenvalue weighted by atomic mass is 9.88. The fourth-order valence-corrected chi connectivity index (χ4v) is 5.17. The molecule has 2 aliphatic carbocycles. The molecule has 144 valence electrons. The number of nitrogens with one attached hydrogen (secondary N) is 1. The molecule has 0 spiro atoms. The van der Waals surface area contributed by atoms with E-state index in [0.29, 0.717) is 11.8 Å². The van der Waals surface area contributed by atoms with E-state index < -0.39 is 0 Å². The molecule has 0 bridgehead atoms. The van der Waals surface area contributed by atoms with E-state index in [1.54, 1.807) is 0 Å². The number of benzene rings is 1. The Morgan fingerprint density at radius 2 is 1.79 bits per heavy atom. The smallest absolute Gasteiger partial charge is 0.225 e. The van der Waals surface area contributed by atoms with E-state index in [9.17, 15) is 4.79 Å². The standard InChI is InChI=1S/C23H26N4O/c28-23(15-5-6-15)27-13-11-26(12-14-27)22-17-4-2-1-3-16(17)21-18-9-10-24-19(18)7-8-20(21)25-22/h7-10,15,25H,1-6,11-14H2. The van der Waals surface area contributed by atoms with Gasteiger partial charge in [0, 0.05) is 54.6 Å². The van der Waals surface area contributed by atoms with Crippen LogP contribution in [0.5, 0.6) is 0 Å². The Kier molecular flexibility index (Phi) is 3.65. The predicted octanol–water partition coefficient (Wildman–Crippen LogP) is 3.65. The summed E-state index contributed by atoms with van der Waals surface area (Å²) in [6.07, 6.45) is 8.92. The summed E-state index contributed by atoms with van der Waals surface area (Å²) in [6, 6.07) is 6.47. The van der Waals surface area contributed by atoms with Crippen LogP contribution in [0.1, 0.15) is 36.8 Å². The Labute approximate surface area is 164 Å². The maximum absolute atomic E-state index is 12.4. The Bertz CT molecular complexity index is 1070. The molecule has 6 rings (SSSR count). The van der Waals surface area contributed by atoms with Crippen LogP contribution in [0.4, 0.5) is 5.82 Å². The van der Waals surface area contributed by atoms with E-state index in [2.05, 4.69) is 38.0 Å². The van der Waals surface area contributed by atoms with Gasteiger partial charge >= 0.3 is 0 Å². The molecule has 2 fully saturated rings. The molecule has 1 aliphatic heterocycles. The van der Waals surface area contributed by atoms with Gasteiger partial charge in [0.05, 0.1) is 5.52 Å². The van der Waals surface area contributed by atoms with Crippen LogP contribution < -0.4 is 4.90 Å². The highest BCUT2D eigenvalue weighted by atomic mass is 16.2. The Hall–Kier alpha value is -2.56. The van der Waals surface area contributed by atoms with Crippen LogP contribution in [0.3, 0.4) is 0 Å². The molecule has 3 aromatic rings. The topological polar surface area (TPSA) is 52.2 Å². The van der Waals surface area contributed by atoms with Gasteiger partial charge in [-0.1, -0.05) is 0 Å². The number of hydrogen-bond acceptors (Lipinski definition) is 3. The third-order valence-electron chi connectivity index (χ3n) is 6.82. The van der Waals surface area contributed by atoms with Crippen LogP contribution in [0.25, 0.3) is 21.8 Å². The molecular weight excluding hydrogens is 348 g/mol. The van der Waals surface area contributed by atoms with Gasteiger partial charge in [0.2, 0.25) is 5.91 Å². The minimum atomic E-state index is 0.326. The number of hydrogen-bond donors (Lipinski definition) is 1. The summed E-state index contributed by atoms with van der Waals surface area (Å²) < 4.78 is 0. The van der Waals surface area contributed by atoms with Gasteiger partial charge in [-0.05, 0) is 67.9 Å². The van der Waals surface area contributed by atoms with E-state index in [4.69, 9.17) is 0 Å². The second kappa shape index (κ2) is 6.23. The number of amides is 1. The first-order valence-electron chi connectivity index (χ1n) is 10.7. The zero-order valence-corrected chi connectivity index (χ0v) is 16.2. The number of anilines is 1. The first kappa shape index (κ1) is 16.4. The quantitative estimate of drug-likeness (QED) is 0.745. The molecule has 5 heteroatoms. The third-order valence-corrected chi connectivity index (χ3v) is 6.82. The van der Waals surface area contributed by atoms with E-state index in [1.165, 1.54) is 46.1 Å². The molecule has 2 aromatic heterocycles. The molecule has 1 saturated carbocycles. The average molecular weight is 374 g/mol. The van der Waals surface area contributed by atoms with E-state index in [0.717, 1.165) is 57.4 Å². The number of pyridine rings is 1. The molecule has 28 heavy (non-hydrogen) atoms. The number of fused-ring (bicyclic) bond motifs is 5. The maximum Gasteiger partial charge on any atom is 0.225 e. The van der Waals surface area contributed by atoms with Crippen LogP contribution in [0, 0.1) is 5.92 Å². The third kappa shape index (κ3) is 2.52. The van der Waals surface area contributed by atoms with E-state index in [1.807, 2.05) is 6.20 Å². The Morgan fingerprint density at radius 1 is 1.00 bits per heavy atom. The van der Waals surface area contributed by atoms with Gasteiger partial charge in [-0.3, -0.25) is 9.78 Å². The zero-order chi connectivity index (χ0) is 18.7. The van der Waals surface area contributed by atoms with E-state index >= 15 is 0 Å². The largest absolute Gasteiger partial charge is 0.354 e. The molecule has 3 aliphatic rings. The molecular formula is C23H26N4O. The zero-order valence-electron chi connectivity index (χ0n) is 16.2. The highest BCUT2D eigenvalue weighted by molar-refractivity contribution is 6.08. The fourth-order valence-electron chi connectivity index (χ4n) is 5.17.